The smallest absolute Gasteiger partial charge is 0.373 e. The van der Waals surface area contributed by atoms with Gasteiger partial charge in [0.2, 0.25) is 10.9 Å². The first-order valence-electron chi connectivity index (χ1n) is 5.13. The second-order valence-corrected chi connectivity index (χ2v) is 4.33. The number of aliphatic imine (C=N–C) groups is 1. The van der Waals surface area contributed by atoms with E-state index in [9.17, 15) is 9.59 Å². The fraction of sp³-hybridized carbons (Fsp3) is 0.182. The summed E-state index contributed by atoms with van der Waals surface area (Å²) in [7, 11) is 1.27. The zero-order chi connectivity index (χ0) is 13.8. The van der Waals surface area contributed by atoms with Crippen LogP contribution < -0.4 is 0 Å². The minimum absolute atomic E-state index is 0.00956. The van der Waals surface area contributed by atoms with E-state index in [1.165, 1.54) is 24.9 Å². The Morgan fingerprint density at radius 3 is 2.95 bits per heavy atom. The van der Waals surface area contributed by atoms with Crippen LogP contribution in [0.15, 0.2) is 44.0 Å². The second kappa shape index (κ2) is 5.61. The van der Waals surface area contributed by atoms with Gasteiger partial charge in [0, 0.05) is 0 Å². The quantitative estimate of drug-likeness (QED) is 0.624. The molecular weight excluding hydrogens is 270 g/mol. The number of amides is 1. The normalized spacial score (nSPS) is 14.5. The SMILES string of the molecule is C=C1N=NC(SCc2ccc(C(=O)OC)o2)=NC1=O. The van der Waals surface area contributed by atoms with Crippen LogP contribution in [0.2, 0.25) is 0 Å². The molecule has 0 spiro atoms. The molecule has 0 aromatic carbocycles. The van der Waals surface area contributed by atoms with Crippen LogP contribution in [0, 0.1) is 0 Å². The highest BCUT2D eigenvalue weighted by atomic mass is 32.2. The standard InChI is InChI=1S/C11H9N3O4S/c1-6-9(15)12-11(14-13-6)19-5-7-3-4-8(18-7)10(16)17-2/h3-4H,1,5H2,2H3. The van der Waals surface area contributed by atoms with Crippen molar-refractivity contribution in [3.8, 4) is 0 Å². The van der Waals surface area contributed by atoms with Crippen molar-refractivity contribution in [1.82, 2.24) is 0 Å². The Hall–Kier alpha value is -2.22. The van der Waals surface area contributed by atoms with Gasteiger partial charge in [0.25, 0.3) is 5.91 Å². The maximum absolute atomic E-state index is 11.2. The van der Waals surface area contributed by atoms with Gasteiger partial charge in [-0.25, -0.2) is 4.79 Å². The summed E-state index contributed by atoms with van der Waals surface area (Å²) in [4.78, 5) is 26.1. The van der Waals surface area contributed by atoms with E-state index in [-0.39, 0.29) is 16.6 Å². The molecule has 2 rings (SSSR count). The topological polar surface area (TPSA) is 93.6 Å². The third-order valence-electron chi connectivity index (χ3n) is 2.09. The minimum atomic E-state index is -0.544. The summed E-state index contributed by atoms with van der Waals surface area (Å²) in [5.74, 6) is -0.0197. The van der Waals surface area contributed by atoms with Crippen LogP contribution in [0.5, 0.6) is 0 Å². The van der Waals surface area contributed by atoms with Crippen molar-refractivity contribution in [2.24, 2.45) is 15.2 Å². The first kappa shape index (κ1) is 13.2. The van der Waals surface area contributed by atoms with Crippen LogP contribution in [-0.4, -0.2) is 24.2 Å². The van der Waals surface area contributed by atoms with Crippen LogP contribution in [0.1, 0.15) is 16.3 Å². The van der Waals surface area contributed by atoms with E-state index >= 15 is 0 Å². The molecule has 1 aliphatic rings. The van der Waals surface area contributed by atoms with E-state index in [1.54, 1.807) is 6.07 Å². The molecule has 0 aliphatic carbocycles. The molecule has 0 bridgehead atoms. The summed E-state index contributed by atoms with van der Waals surface area (Å²) in [6.07, 6.45) is 0. The number of nitrogens with zero attached hydrogens (tertiary/aromatic N) is 3. The first-order chi connectivity index (χ1) is 9.10. The Kier molecular flexibility index (Phi) is 3.91. The van der Waals surface area contributed by atoms with E-state index in [1.807, 2.05) is 0 Å². The molecule has 0 unspecified atom stereocenters. The summed E-state index contributed by atoms with van der Waals surface area (Å²) in [6.45, 7) is 3.38. The van der Waals surface area contributed by atoms with Gasteiger partial charge in [0.15, 0.2) is 0 Å². The minimum Gasteiger partial charge on any atom is -0.463 e. The molecule has 8 heteroatoms. The molecule has 98 valence electrons. The van der Waals surface area contributed by atoms with Gasteiger partial charge < -0.3 is 9.15 Å². The molecule has 0 saturated heterocycles. The van der Waals surface area contributed by atoms with Crippen molar-refractivity contribution < 1.29 is 18.7 Å². The van der Waals surface area contributed by atoms with Crippen LogP contribution in [0.4, 0.5) is 0 Å². The number of azo groups is 1. The Morgan fingerprint density at radius 1 is 1.47 bits per heavy atom. The molecule has 0 atom stereocenters. The predicted octanol–water partition coefficient (Wildman–Crippen LogP) is 2.16. The molecule has 19 heavy (non-hydrogen) atoms. The zero-order valence-electron chi connectivity index (χ0n) is 9.95. The maximum Gasteiger partial charge on any atom is 0.373 e. The summed E-state index contributed by atoms with van der Waals surface area (Å²) >= 11 is 1.17. The molecule has 2 heterocycles. The van der Waals surface area contributed by atoms with Crippen LogP contribution >= 0.6 is 11.8 Å². The molecule has 1 aliphatic heterocycles. The number of carbonyl (C=O) groups is 2. The molecule has 1 aromatic rings. The maximum atomic E-state index is 11.2. The average molecular weight is 279 g/mol. The largest absolute Gasteiger partial charge is 0.463 e. The third-order valence-corrected chi connectivity index (χ3v) is 2.95. The molecule has 7 nitrogen and oxygen atoms in total. The number of hydrogen-bond acceptors (Lipinski definition) is 7. The number of ether oxygens (including phenoxy) is 1. The van der Waals surface area contributed by atoms with Gasteiger partial charge in [-0.2, -0.15) is 4.99 Å². The number of rotatable bonds is 3. The predicted molar refractivity (Wildman–Crippen MR) is 67.8 cm³/mol. The molecule has 1 amide bonds. The number of methoxy groups -OCH3 is 1. The molecule has 0 fully saturated rings. The third kappa shape index (κ3) is 3.16. The van der Waals surface area contributed by atoms with Crippen LogP contribution in [-0.2, 0) is 15.3 Å². The van der Waals surface area contributed by atoms with E-state index in [2.05, 4.69) is 26.5 Å². The summed E-state index contributed by atoms with van der Waals surface area (Å²) < 4.78 is 9.77. The van der Waals surface area contributed by atoms with E-state index in [0.717, 1.165) is 0 Å². The van der Waals surface area contributed by atoms with Crippen LogP contribution in [0.3, 0.4) is 0 Å². The van der Waals surface area contributed by atoms with Gasteiger partial charge in [-0.15, -0.1) is 10.2 Å². The summed E-state index contributed by atoms with van der Waals surface area (Å²) in [6, 6.07) is 3.15. The van der Waals surface area contributed by atoms with Gasteiger partial charge in [-0.1, -0.05) is 18.3 Å². The number of amidine groups is 1. The van der Waals surface area contributed by atoms with Gasteiger partial charge in [-0.05, 0) is 12.1 Å². The molecule has 0 N–H and O–H groups in total. The fourth-order valence-corrected chi connectivity index (χ4v) is 1.85. The van der Waals surface area contributed by atoms with Crippen molar-refractivity contribution in [1.29, 1.82) is 0 Å². The number of thioether (sulfide) groups is 1. The van der Waals surface area contributed by atoms with E-state index in [0.29, 0.717) is 11.5 Å². The van der Waals surface area contributed by atoms with Crippen molar-refractivity contribution in [2.75, 3.05) is 7.11 Å². The lowest BCUT2D eigenvalue weighted by Crippen LogP contribution is -2.04. The summed E-state index contributed by atoms with van der Waals surface area (Å²) in [5.41, 5.74) is 0.00956. The highest BCUT2D eigenvalue weighted by Crippen LogP contribution is 2.20. The summed E-state index contributed by atoms with van der Waals surface area (Å²) in [5, 5.41) is 7.52. The zero-order valence-corrected chi connectivity index (χ0v) is 10.8. The van der Waals surface area contributed by atoms with Gasteiger partial charge in [-0.3, -0.25) is 4.79 Å². The van der Waals surface area contributed by atoms with Crippen molar-refractivity contribution in [3.05, 3.63) is 35.9 Å². The Balaban J connectivity index is 1.96. The fourth-order valence-electron chi connectivity index (χ4n) is 1.18. The lowest BCUT2D eigenvalue weighted by atomic mass is 10.4. The van der Waals surface area contributed by atoms with Crippen molar-refractivity contribution in [3.63, 3.8) is 0 Å². The highest BCUT2D eigenvalue weighted by molar-refractivity contribution is 8.13. The Bertz CT molecular complexity index is 603. The Morgan fingerprint density at radius 2 is 2.26 bits per heavy atom. The van der Waals surface area contributed by atoms with Gasteiger partial charge >= 0.3 is 5.97 Å². The van der Waals surface area contributed by atoms with Gasteiger partial charge in [0.1, 0.15) is 11.5 Å². The lowest BCUT2D eigenvalue weighted by molar-refractivity contribution is -0.114. The molecule has 0 saturated carbocycles. The van der Waals surface area contributed by atoms with Crippen LogP contribution in [0.25, 0.3) is 0 Å². The number of esters is 1. The second-order valence-electron chi connectivity index (χ2n) is 3.39. The van der Waals surface area contributed by atoms with Crippen molar-refractivity contribution >= 4 is 28.8 Å². The number of hydrogen-bond donors (Lipinski definition) is 0. The lowest BCUT2D eigenvalue weighted by Gasteiger charge is -2.02. The highest BCUT2D eigenvalue weighted by Gasteiger charge is 2.15. The average Bonchev–Trinajstić information content (AvgIpc) is 2.88. The van der Waals surface area contributed by atoms with Crippen molar-refractivity contribution in [2.45, 2.75) is 5.75 Å². The molecular formula is C11H9N3O4S. The van der Waals surface area contributed by atoms with E-state index < -0.39 is 11.9 Å². The number of furan rings is 1. The van der Waals surface area contributed by atoms with Gasteiger partial charge in [0.05, 0.1) is 12.9 Å². The van der Waals surface area contributed by atoms with E-state index in [4.69, 9.17) is 4.42 Å². The molecule has 0 radical (unpaired) electrons. The number of carbonyl (C=O) groups excluding carboxylic acids is 2. The monoisotopic (exact) mass is 279 g/mol. The molecule has 1 aromatic heterocycles. The first-order valence-corrected chi connectivity index (χ1v) is 6.12. The Labute approximate surface area is 112 Å².